The standard InChI is InChI=1S/C15H29NO5S/c1-14(2,3)20-9-11(12(17)10-22(7,8)19)16-13(18)21-15(4,5)6/h10-11H,9H2,1-8H3,(H,16,18)/t11-/m0/s1. The van der Waals surface area contributed by atoms with Crippen LogP contribution >= 0.6 is 0 Å². The average Bonchev–Trinajstić information content (AvgIpc) is 2.17. The van der Waals surface area contributed by atoms with E-state index >= 15 is 0 Å². The predicted octanol–water partition coefficient (Wildman–Crippen LogP) is 1.61. The molecule has 1 N–H and O–H groups in total. The van der Waals surface area contributed by atoms with E-state index in [1.807, 2.05) is 20.8 Å². The summed E-state index contributed by atoms with van der Waals surface area (Å²) in [6.45, 7) is 10.7. The predicted molar refractivity (Wildman–Crippen MR) is 89.9 cm³/mol. The molecule has 0 bridgehead atoms. The smallest absolute Gasteiger partial charge is 0.408 e. The fourth-order valence-electron chi connectivity index (χ4n) is 1.34. The molecule has 0 fully saturated rings. The highest BCUT2D eigenvalue weighted by Gasteiger charge is 2.25. The zero-order valence-electron chi connectivity index (χ0n) is 14.8. The Morgan fingerprint density at radius 3 is 1.95 bits per heavy atom. The third-order valence-electron chi connectivity index (χ3n) is 2.12. The molecule has 0 aliphatic carbocycles. The summed E-state index contributed by atoms with van der Waals surface area (Å²) in [4.78, 5) is 24.0. The molecule has 0 radical (unpaired) electrons. The molecule has 0 saturated carbocycles. The van der Waals surface area contributed by atoms with E-state index < -0.39 is 38.6 Å². The van der Waals surface area contributed by atoms with Crippen molar-refractivity contribution < 1.29 is 23.3 Å². The second-order valence-corrected chi connectivity index (χ2v) is 10.3. The van der Waals surface area contributed by atoms with Crippen LogP contribution in [0, 0.1) is 0 Å². The lowest BCUT2D eigenvalue weighted by atomic mass is 10.1. The molecule has 0 aromatic carbocycles. The largest absolute Gasteiger partial charge is 0.444 e. The van der Waals surface area contributed by atoms with E-state index in [0.717, 1.165) is 5.37 Å². The molecule has 0 aromatic rings. The van der Waals surface area contributed by atoms with Crippen molar-refractivity contribution in [2.24, 2.45) is 0 Å². The van der Waals surface area contributed by atoms with Crippen LogP contribution in [-0.4, -0.2) is 57.8 Å². The summed E-state index contributed by atoms with van der Waals surface area (Å²) in [6.07, 6.45) is 2.20. The average molecular weight is 335 g/mol. The minimum Gasteiger partial charge on any atom is -0.444 e. The van der Waals surface area contributed by atoms with Crippen molar-refractivity contribution in [3.8, 4) is 0 Å². The Balaban J connectivity index is 5.06. The molecule has 0 rings (SSSR count). The monoisotopic (exact) mass is 335 g/mol. The summed E-state index contributed by atoms with van der Waals surface area (Å²) in [5, 5.41) is 3.60. The first-order valence-electron chi connectivity index (χ1n) is 7.05. The first kappa shape index (κ1) is 20.9. The number of amides is 1. The molecule has 130 valence electrons. The van der Waals surface area contributed by atoms with Gasteiger partial charge in [0, 0.05) is 17.9 Å². The van der Waals surface area contributed by atoms with Crippen molar-refractivity contribution in [2.75, 3.05) is 19.1 Å². The van der Waals surface area contributed by atoms with Gasteiger partial charge in [-0.1, -0.05) is 0 Å². The Hall–Kier alpha value is -1.08. The van der Waals surface area contributed by atoms with E-state index in [0.29, 0.717) is 0 Å². The first-order chi connectivity index (χ1) is 9.59. The van der Waals surface area contributed by atoms with Crippen molar-refractivity contribution in [1.82, 2.24) is 5.32 Å². The maximum atomic E-state index is 12.2. The molecule has 7 heteroatoms. The molecular weight excluding hydrogens is 306 g/mol. The number of ketones is 1. The van der Waals surface area contributed by atoms with E-state index in [4.69, 9.17) is 9.47 Å². The van der Waals surface area contributed by atoms with Crippen LogP contribution < -0.4 is 5.32 Å². The Kier molecular flexibility index (Phi) is 7.09. The summed E-state index contributed by atoms with van der Waals surface area (Å²) in [6, 6.07) is -0.935. The van der Waals surface area contributed by atoms with Gasteiger partial charge in [-0.2, -0.15) is 0 Å². The van der Waals surface area contributed by atoms with Crippen LogP contribution in [0.2, 0.25) is 0 Å². The molecule has 0 aromatic heterocycles. The van der Waals surface area contributed by atoms with Gasteiger partial charge in [0.1, 0.15) is 11.6 Å². The molecule has 0 aliphatic rings. The van der Waals surface area contributed by atoms with Gasteiger partial charge in [-0.15, -0.1) is 0 Å². The zero-order valence-corrected chi connectivity index (χ0v) is 15.6. The summed E-state index contributed by atoms with van der Waals surface area (Å²) < 4.78 is 22.4. The van der Waals surface area contributed by atoms with Gasteiger partial charge in [-0.05, 0) is 51.1 Å². The number of ether oxygens (including phenoxy) is 2. The van der Waals surface area contributed by atoms with Crippen LogP contribution in [0.3, 0.4) is 0 Å². The van der Waals surface area contributed by atoms with E-state index in [2.05, 4.69) is 5.32 Å². The lowest BCUT2D eigenvalue weighted by molar-refractivity contribution is -0.117. The molecule has 0 aliphatic heterocycles. The van der Waals surface area contributed by atoms with Crippen molar-refractivity contribution in [3.63, 3.8) is 0 Å². The third-order valence-corrected chi connectivity index (χ3v) is 2.92. The van der Waals surface area contributed by atoms with Gasteiger partial charge in [0.05, 0.1) is 12.2 Å². The quantitative estimate of drug-likeness (QED) is 0.772. The maximum absolute atomic E-state index is 12.2. The van der Waals surface area contributed by atoms with Crippen LogP contribution in [0.25, 0.3) is 0 Å². The maximum Gasteiger partial charge on any atom is 0.408 e. The van der Waals surface area contributed by atoms with E-state index in [1.165, 1.54) is 12.5 Å². The highest BCUT2D eigenvalue weighted by molar-refractivity contribution is 8.01. The summed E-state index contributed by atoms with van der Waals surface area (Å²) in [5.74, 6) is -0.454. The fourth-order valence-corrected chi connectivity index (χ4v) is 2.06. The minimum absolute atomic E-state index is 0.0202. The number of hydrogen-bond donors (Lipinski definition) is 1. The lowest BCUT2D eigenvalue weighted by Gasteiger charge is -2.25. The van der Waals surface area contributed by atoms with E-state index in [1.54, 1.807) is 20.8 Å². The minimum atomic E-state index is -2.37. The van der Waals surface area contributed by atoms with E-state index in [-0.39, 0.29) is 6.61 Å². The molecule has 0 saturated heterocycles. The molecule has 6 nitrogen and oxygen atoms in total. The number of carbonyl (C=O) groups excluding carboxylic acids is 2. The molecule has 0 spiro atoms. The second kappa shape index (κ2) is 7.46. The third kappa shape index (κ3) is 11.6. The molecule has 22 heavy (non-hydrogen) atoms. The summed E-state index contributed by atoms with van der Waals surface area (Å²) >= 11 is 0. The van der Waals surface area contributed by atoms with E-state index in [9.17, 15) is 13.8 Å². The number of nitrogens with one attached hydrogen (secondary N) is 1. The highest BCUT2D eigenvalue weighted by atomic mass is 32.2. The van der Waals surface area contributed by atoms with Gasteiger partial charge in [0.2, 0.25) is 0 Å². The lowest BCUT2D eigenvalue weighted by Crippen LogP contribution is -2.48. The van der Waals surface area contributed by atoms with Gasteiger partial charge >= 0.3 is 6.09 Å². The fraction of sp³-hybridized carbons (Fsp3) is 0.800. The summed E-state index contributed by atoms with van der Waals surface area (Å²) in [5.41, 5.74) is -1.14. The Labute approximate surface area is 133 Å². The van der Waals surface area contributed by atoms with Crippen LogP contribution in [0.5, 0.6) is 0 Å². The van der Waals surface area contributed by atoms with Crippen molar-refractivity contribution in [1.29, 1.82) is 0 Å². The normalized spacial score (nSPS) is 14.2. The number of alkyl carbamates (subject to hydrolysis) is 1. The van der Waals surface area contributed by atoms with Crippen molar-refractivity contribution >= 4 is 26.8 Å². The zero-order chi connectivity index (χ0) is 17.8. The van der Waals surface area contributed by atoms with Crippen LogP contribution in [-0.2, 0) is 23.8 Å². The van der Waals surface area contributed by atoms with Gasteiger partial charge < -0.3 is 14.8 Å². The first-order valence-corrected chi connectivity index (χ1v) is 9.49. The number of carbonyl (C=O) groups is 2. The van der Waals surface area contributed by atoms with Crippen LogP contribution in [0.15, 0.2) is 0 Å². The topological polar surface area (TPSA) is 81.7 Å². The number of Topliss-reactive ketones (excluding diaryl/α,β-unsaturated/α-hetero) is 1. The number of rotatable bonds is 5. The highest BCUT2D eigenvalue weighted by Crippen LogP contribution is 2.09. The Bertz CT molecular complexity index is 511. The molecular formula is C15H29NO5S. The van der Waals surface area contributed by atoms with Crippen LogP contribution in [0.1, 0.15) is 41.5 Å². The molecule has 1 amide bonds. The molecule has 1 atom stereocenters. The van der Waals surface area contributed by atoms with Gasteiger partial charge in [0.15, 0.2) is 5.78 Å². The Morgan fingerprint density at radius 2 is 1.59 bits per heavy atom. The van der Waals surface area contributed by atoms with Gasteiger partial charge in [-0.3, -0.25) is 9.00 Å². The van der Waals surface area contributed by atoms with Gasteiger partial charge in [-0.25, -0.2) is 4.79 Å². The summed E-state index contributed by atoms with van der Waals surface area (Å²) in [7, 11) is -2.37. The Morgan fingerprint density at radius 1 is 1.09 bits per heavy atom. The molecule has 0 heterocycles. The van der Waals surface area contributed by atoms with Crippen molar-refractivity contribution in [2.45, 2.75) is 58.8 Å². The van der Waals surface area contributed by atoms with Crippen molar-refractivity contribution in [3.05, 3.63) is 0 Å². The molecule has 0 unspecified atom stereocenters. The van der Waals surface area contributed by atoms with Crippen LogP contribution in [0.4, 0.5) is 4.79 Å². The SMILES string of the molecule is CC(C)(C)OC[C@H](NC(=O)OC(C)(C)C)C(=O)C=S(C)(C)=O. The second-order valence-electron chi connectivity index (χ2n) is 7.45. The number of hydrogen-bond acceptors (Lipinski definition) is 5. The van der Waals surface area contributed by atoms with Gasteiger partial charge in [0.25, 0.3) is 0 Å².